The Bertz CT molecular complexity index is 1040. The molecule has 0 aliphatic heterocycles. The maximum atomic E-state index is 13.0. The zero-order valence-corrected chi connectivity index (χ0v) is 18.2. The molecule has 0 amide bonds. The Morgan fingerprint density at radius 1 is 1.11 bits per heavy atom. The van der Waals surface area contributed by atoms with Gasteiger partial charge in [0.2, 0.25) is 10.0 Å². The fourth-order valence-corrected chi connectivity index (χ4v) is 4.66. The van der Waals surface area contributed by atoms with Crippen molar-refractivity contribution in [1.82, 2.24) is 19.3 Å². The normalized spacial score (nSPS) is 13.7. The van der Waals surface area contributed by atoms with E-state index < -0.39 is 16.1 Å². The molecule has 0 aliphatic rings. The van der Waals surface area contributed by atoms with Crippen LogP contribution in [0.1, 0.15) is 44.6 Å². The molecule has 0 saturated heterocycles. The topological polar surface area (TPSA) is 76.4 Å². The van der Waals surface area contributed by atoms with Crippen LogP contribution in [0.25, 0.3) is 5.65 Å². The number of fused-ring (bicyclic) bond motifs is 1. The summed E-state index contributed by atoms with van der Waals surface area (Å²) in [6, 6.07) is 12.2. The maximum absolute atomic E-state index is 13.0. The van der Waals surface area contributed by atoms with Gasteiger partial charge in [-0.05, 0) is 53.7 Å². The van der Waals surface area contributed by atoms with Gasteiger partial charge in [0.15, 0.2) is 11.5 Å². The molecule has 0 spiro atoms. The van der Waals surface area contributed by atoms with E-state index >= 15 is 0 Å². The minimum atomic E-state index is -3.69. The standard InChI is InChI=1S/C20H26N4O2S2/c1-20(2,3)15-8-10-16(11-9-15)28(25,26)23-17(12-14-27-4)19-22-21-18-7-5-6-13-24(18)19/h5-11,13,17,23H,12,14H2,1-4H3. The molecule has 1 atom stereocenters. The summed E-state index contributed by atoms with van der Waals surface area (Å²) in [4.78, 5) is 0.253. The predicted molar refractivity (Wildman–Crippen MR) is 114 cm³/mol. The zero-order valence-electron chi connectivity index (χ0n) is 16.6. The van der Waals surface area contributed by atoms with E-state index in [0.717, 1.165) is 11.3 Å². The highest BCUT2D eigenvalue weighted by atomic mass is 32.2. The van der Waals surface area contributed by atoms with Gasteiger partial charge < -0.3 is 0 Å². The Balaban J connectivity index is 1.91. The minimum absolute atomic E-state index is 0.0307. The van der Waals surface area contributed by atoms with Crippen molar-refractivity contribution >= 4 is 27.4 Å². The molecule has 0 radical (unpaired) electrons. The molecule has 0 fully saturated rings. The van der Waals surface area contributed by atoms with E-state index in [9.17, 15) is 8.42 Å². The van der Waals surface area contributed by atoms with Crippen molar-refractivity contribution in [2.24, 2.45) is 0 Å². The highest BCUT2D eigenvalue weighted by Crippen LogP contribution is 2.25. The van der Waals surface area contributed by atoms with E-state index in [1.807, 2.05) is 47.2 Å². The molecular formula is C20H26N4O2S2. The molecule has 28 heavy (non-hydrogen) atoms. The van der Waals surface area contributed by atoms with E-state index in [2.05, 4.69) is 35.7 Å². The van der Waals surface area contributed by atoms with Crippen molar-refractivity contribution < 1.29 is 8.42 Å². The Morgan fingerprint density at radius 3 is 2.46 bits per heavy atom. The predicted octanol–water partition coefficient (Wildman–Crippen LogP) is 3.80. The largest absolute Gasteiger partial charge is 0.285 e. The Hall–Kier alpha value is -1.90. The van der Waals surface area contributed by atoms with Crippen LogP contribution in [0.5, 0.6) is 0 Å². The number of hydrogen-bond donors (Lipinski definition) is 1. The minimum Gasteiger partial charge on any atom is -0.285 e. The molecule has 0 saturated carbocycles. The molecule has 2 aromatic heterocycles. The molecule has 1 unspecified atom stereocenters. The van der Waals surface area contributed by atoms with Crippen molar-refractivity contribution in [3.63, 3.8) is 0 Å². The molecule has 3 aromatic rings. The van der Waals surface area contributed by atoms with Gasteiger partial charge in [-0.2, -0.15) is 11.8 Å². The number of sulfonamides is 1. The first-order valence-electron chi connectivity index (χ1n) is 9.14. The monoisotopic (exact) mass is 418 g/mol. The van der Waals surface area contributed by atoms with Gasteiger partial charge in [-0.15, -0.1) is 10.2 Å². The summed E-state index contributed by atoms with van der Waals surface area (Å²) in [6.45, 7) is 6.30. The van der Waals surface area contributed by atoms with Gasteiger partial charge in [0.25, 0.3) is 0 Å². The number of benzene rings is 1. The van der Waals surface area contributed by atoms with Crippen LogP contribution in [-0.2, 0) is 15.4 Å². The van der Waals surface area contributed by atoms with Gasteiger partial charge in [-0.1, -0.05) is 39.0 Å². The van der Waals surface area contributed by atoms with E-state index in [1.54, 1.807) is 23.9 Å². The highest BCUT2D eigenvalue weighted by Gasteiger charge is 2.25. The molecular weight excluding hydrogens is 392 g/mol. The summed E-state index contributed by atoms with van der Waals surface area (Å²) in [5.41, 5.74) is 1.76. The lowest BCUT2D eigenvalue weighted by atomic mass is 9.87. The second kappa shape index (κ2) is 8.23. The zero-order chi connectivity index (χ0) is 20.4. The van der Waals surface area contributed by atoms with E-state index in [-0.39, 0.29) is 10.3 Å². The number of nitrogens with one attached hydrogen (secondary N) is 1. The molecule has 1 aromatic carbocycles. The molecule has 6 nitrogen and oxygen atoms in total. The second-order valence-electron chi connectivity index (χ2n) is 7.72. The summed E-state index contributed by atoms with van der Waals surface area (Å²) >= 11 is 1.67. The number of rotatable bonds is 7. The fourth-order valence-electron chi connectivity index (χ4n) is 2.96. The van der Waals surface area contributed by atoms with Gasteiger partial charge >= 0.3 is 0 Å². The Labute approximate surface area is 170 Å². The van der Waals surface area contributed by atoms with Crippen molar-refractivity contribution in [2.75, 3.05) is 12.0 Å². The van der Waals surface area contributed by atoms with Gasteiger partial charge in [0.1, 0.15) is 0 Å². The number of nitrogens with zero attached hydrogens (tertiary/aromatic N) is 3. The van der Waals surface area contributed by atoms with Gasteiger partial charge in [0, 0.05) is 6.20 Å². The summed E-state index contributed by atoms with van der Waals surface area (Å²) in [5.74, 6) is 1.40. The van der Waals surface area contributed by atoms with Gasteiger partial charge in [-0.3, -0.25) is 4.40 Å². The van der Waals surface area contributed by atoms with Gasteiger partial charge in [0.05, 0.1) is 10.9 Å². The molecule has 2 heterocycles. The Kier molecular flexibility index (Phi) is 6.12. The first kappa shape index (κ1) is 20.8. The lowest BCUT2D eigenvalue weighted by Gasteiger charge is -2.20. The van der Waals surface area contributed by atoms with Crippen LogP contribution in [0.4, 0.5) is 0 Å². The van der Waals surface area contributed by atoms with Crippen molar-refractivity contribution in [3.8, 4) is 0 Å². The average Bonchev–Trinajstić information content (AvgIpc) is 3.08. The number of thioether (sulfide) groups is 1. The quantitative estimate of drug-likeness (QED) is 0.632. The maximum Gasteiger partial charge on any atom is 0.241 e. The van der Waals surface area contributed by atoms with Crippen LogP contribution in [-0.4, -0.2) is 35.0 Å². The summed E-state index contributed by atoms with van der Waals surface area (Å²) in [7, 11) is -3.69. The fraction of sp³-hybridized carbons (Fsp3) is 0.400. The molecule has 0 aliphatic carbocycles. The summed E-state index contributed by atoms with van der Waals surface area (Å²) in [5, 5.41) is 8.41. The van der Waals surface area contributed by atoms with Crippen LogP contribution < -0.4 is 4.72 Å². The van der Waals surface area contributed by atoms with E-state index in [0.29, 0.717) is 17.9 Å². The van der Waals surface area contributed by atoms with Crippen LogP contribution in [0.2, 0.25) is 0 Å². The number of aromatic nitrogens is 3. The van der Waals surface area contributed by atoms with Crippen LogP contribution in [0.3, 0.4) is 0 Å². The third-order valence-electron chi connectivity index (χ3n) is 4.59. The van der Waals surface area contributed by atoms with Crippen LogP contribution >= 0.6 is 11.8 Å². The van der Waals surface area contributed by atoms with Crippen LogP contribution in [0, 0.1) is 0 Å². The first-order chi connectivity index (χ1) is 13.2. The van der Waals surface area contributed by atoms with Gasteiger partial charge in [-0.25, -0.2) is 13.1 Å². The van der Waals surface area contributed by atoms with Crippen molar-refractivity contribution in [1.29, 1.82) is 0 Å². The average molecular weight is 419 g/mol. The lowest BCUT2D eigenvalue weighted by molar-refractivity contribution is 0.536. The Morgan fingerprint density at radius 2 is 1.82 bits per heavy atom. The molecule has 150 valence electrons. The number of hydrogen-bond acceptors (Lipinski definition) is 5. The first-order valence-corrected chi connectivity index (χ1v) is 12.0. The molecule has 3 rings (SSSR count). The van der Waals surface area contributed by atoms with Crippen LogP contribution in [0.15, 0.2) is 53.6 Å². The summed E-state index contributed by atoms with van der Waals surface area (Å²) in [6.07, 6.45) is 4.47. The molecule has 8 heteroatoms. The van der Waals surface area contributed by atoms with Crippen molar-refractivity contribution in [3.05, 3.63) is 60.0 Å². The second-order valence-corrected chi connectivity index (χ2v) is 10.4. The molecule has 1 N–H and O–H groups in total. The smallest absolute Gasteiger partial charge is 0.241 e. The highest BCUT2D eigenvalue weighted by molar-refractivity contribution is 7.98. The number of pyridine rings is 1. The van der Waals surface area contributed by atoms with Crippen molar-refractivity contribution in [2.45, 2.75) is 43.5 Å². The third-order valence-corrected chi connectivity index (χ3v) is 6.72. The summed E-state index contributed by atoms with van der Waals surface area (Å²) < 4.78 is 30.7. The van der Waals surface area contributed by atoms with E-state index in [4.69, 9.17) is 0 Å². The lowest BCUT2D eigenvalue weighted by Crippen LogP contribution is -2.30. The van der Waals surface area contributed by atoms with E-state index in [1.165, 1.54) is 0 Å². The SMILES string of the molecule is CSCCC(NS(=O)(=O)c1ccc(C(C)(C)C)cc1)c1nnc2ccccn12. The third kappa shape index (κ3) is 4.56. The molecule has 0 bridgehead atoms.